The first-order chi connectivity index (χ1) is 8.11. The summed E-state index contributed by atoms with van der Waals surface area (Å²) in [6, 6.07) is 6.99. The summed E-state index contributed by atoms with van der Waals surface area (Å²) >= 11 is 3.29. The number of Topliss-reactive ketones (excluding diaryl/α,β-unsaturated/α-hetero) is 1. The normalized spacial score (nSPS) is 11.6. The topological polar surface area (TPSA) is 43.4 Å². The minimum atomic E-state index is -0.823. The van der Waals surface area contributed by atoms with Gasteiger partial charge in [-0.2, -0.15) is 0 Å². The maximum absolute atomic E-state index is 12.2. The molecule has 3 nitrogen and oxygen atoms in total. The number of benzene rings is 1. The molecule has 1 aromatic carbocycles. The number of allylic oxidation sites excluding steroid dienone is 1. The lowest BCUT2D eigenvalue weighted by atomic mass is 9.95. The highest BCUT2D eigenvalue weighted by Gasteiger charge is 2.28. The molecule has 1 rings (SSSR count). The average Bonchev–Trinajstić information content (AvgIpc) is 2.35. The fraction of sp³-hybridized carbons (Fsp3) is 0.231. The highest BCUT2D eigenvalue weighted by molar-refractivity contribution is 9.10. The third kappa shape index (κ3) is 3.27. The third-order valence-corrected chi connectivity index (χ3v) is 3.04. The van der Waals surface area contributed by atoms with Gasteiger partial charge in [0.05, 0.1) is 7.11 Å². The van der Waals surface area contributed by atoms with Crippen molar-refractivity contribution in [3.05, 3.63) is 47.0 Å². The number of methoxy groups -OCH3 is 1. The molecule has 0 saturated heterocycles. The fourth-order valence-corrected chi connectivity index (χ4v) is 1.95. The van der Waals surface area contributed by atoms with Gasteiger partial charge in [0, 0.05) is 10.0 Å². The molecule has 0 saturated carbocycles. The highest BCUT2D eigenvalue weighted by Crippen LogP contribution is 2.22. The Morgan fingerprint density at radius 1 is 1.47 bits per heavy atom. The number of carbonyl (C=O) groups excluding carboxylic acids is 2. The molecule has 0 amide bonds. The monoisotopic (exact) mass is 296 g/mol. The highest BCUT2D eigenvalue weighted by atomic mass is 79.9. The average molecular weight is 297 g/mol. The van der Waals surface area contributed by atoms with Crippen LogP contribution >= 0.6 is 15.9 Å². The Bertz CT molecular complexity index is 440. The Kier molecular flexibility index (Phi) is 5.10. The van der Waals surface area contributed by atoms with Crippen LogP contribution in [0.3, 0.4) is 0 Å². The lowest BCUT2D eigenvalue weighted by Gasteiger charge is -2.12. The van der Waals surface area contributed by atoms with E-state index in [0.717, 1.165) is 0 Å². The molecule has 0 N–H and O–H groups in total. The van der Waals surface area contributed by atoms with Crippen molar-refractivity contribution in [2.24, 2.45) is 5.92 Å². The van der Waals surface area contributed by atoms with Gasteiger partial charge in [0.25, 0.3) is 0 Å². The molecule has 0 heterocycles. The van der Waals surface area contributed by atoms with Gasteiger partial charge in [-0.25, -0.2) is 0 Å². The first-order valence-electron chi connectivity index (χ1n) is 5.09. The van der Waals surface area contributed by atoms with Gasteiger partial charge in [0.15, 0.2) is 5.78 Å². The number of esters is 1. The van der Waals surface area contributed by atoms with Crippen LogP contribution in [0.2, 0.25) is 0 Å². The summed E-state index contributed by atoms with van der Waals surface area (Å²) in [4.78, 5) is 23.7. The van der Waals surface area contributed by atoms with Crippen LogP contribution < -0.4 is 0 Å². The second-order valence-corrected chi connectivity index (χ2v) is 4.30. The molecule has 90 valence electrons. The van der Waals surface area contributed by atoms with Crippen molar-refractivity contribution in [3.63, 3.8) is 0 Å². The number of carbonyl (C=O) groups is 2. The van der Waals surface area contributed by atoms with Crippen LogP contribution in [0.25, 0.3) is 0 Å². The quantitative estimate of drug-likeness (QED) is 0.363. The van der Waals surface area contributed by atoms with Crippen LogP contribution in [-0.2, 0) is 9.53 Å². The van der Waals surface area contributed by atoms with Crippen molar-refractivity contribution in [2.75, 3.05) is 7.11 Å². The van der Waals surface area contributed by atoms with Crippen LogP contribution in [0.4, 0.5) is 0 Å². The Balaban J connectivity index is 3.04. The van der Waals surface area contributed by atoms with Gasteiger partial charge in [0.1, 0.15) is 5.92 Å². The number of ketones is 1. The second kappa shape index (κ2) is 6.35. The summed E-state index contributed by atoms with van der Waals surface area (Å²) in [6.07, 6.45) is 1.81. The summed E-state index contributed by atoms with van der Waals surface area (Å²) in [7, 11) is 1.27. The molecule has 4 heteroatoms. The molecule has 0 aliphatic carbocycles. The molecule has 17 heavy (non-hydrogen) atoms. The number of halogens is 1. The van der Waals surface area contributed by atoms with E-state index in [0.29, 0.717) is 10.0 Å². The molecule has 0 aliphatic rings. The number of hydrogen-bond acceptors (Lipinski definition) is 3. The molecule has 0 bridgehead atoms. The Morgan fingerprint density at radius 3 is 2.65 bits per heavy atom. The standard InChI is InChI=1S/C13H13BrO3/c1-3-6-10(13(16)17-2)12(15)9-7-4-5-8-11(9)14/h3-5,7-8,10H,1,6H2,2H3. The van der Waals surface area contributed by atoms with E-state index >= 15 is 0 Å². The van der Waals surface area contributed by atoms with E-state index in [-0.39, 0.29) is 12.2 Å². The van der Waals surface area contributed by atoms with Gasteiger partial charge in [-0.05, 0) is 12.5 Å². The maximum atomic E-state index is 12.2. The molecule has 0 radical (unpaired) electrons. The molecule has 1 atom stereocenters. The molecule has 0 fully saturated rings. The first kappa shape index (κ1) is 13.6. The predicted octanol–water partition coefficient (Wildman–Crippen LogP) is 3.00. The van der Waals surface area contributed by atoms with Crippen molar-refractivity contribution in [3.8, 4) is 0 Å². The Labute approximate surface area is 109 Å². The summed E-state index contributed by atoms with van der Waals surface area (Å²) in [5.74, 6) is -1.62. The zero-order chi connectivity index (χ0) is 12.8. The minimum Gasteiger partial charge on any atom is -0.468 e. The Morgan fingerprint density at radius 2 is 2.12 bits per heavy atom. The molecule has 0 spiro atoms. The van der Waals surface area contributed by atoms with Crippen molar-refractivity contribution in [1.82, 2.24) is 0 Å². The van der Waals surface area contributed by atoms with Crippen molar-refractivity contribution >= 4 is 27.7 Å². The SMILES string of the molecule is C=CCC(C(=O)OC)C(=O)c1ccccc1Br. The predicted molar refractivity (Wildman–Crippen MR) is 68.8 cm³/mol. The van der Waals surface area contributed by atoms with E-state index < -0.39 is 11.9 Å². The molecular weight excluding hydrogens is 284 g/mol. The van der Waals surface area contributed by atoms with Crippen LogP contribution in [0.5, 0.6) is 0 Å². The zero-order valence-electron chi connectivity index (χ0n) is 9.48. The summed E-state index contributed by atoms with van der Waals surface area (Å²) in [6.45, 7) is 3.54. The van der Waals surface area contributed by atoms with Gasteiger partial charge in [-0.15, -0.1) is 6.58 Å². The van der Waals surface area contributed by atoms with Gasteiger partial charge in [0.2, 0.25) is 0 Å². The van der Waals surface area contributed by atoms with E-state index in [1.165, 1.54) is 13.2 Å². The lowest BCUT2D eigenvalue weighted by Crippen LogP contribution is -2.25. The van der Waals surface area contributed by atoms with Gasteiger partial charge in [-0.1, -0.05) is 40.2 Å². The van der Waals surface area contributed by atoms with E-state index in [4.69, 9.17) is 0 Å². The molecule has 0 aliphatic heterocycles. The second-order valence-electron chi connectivity index (χ2n) is 3.44. The van der Waals surface area contributed by atoms with Crippen LogP contribution in [0.15, 0.2) is 41.4 Å². The first-order valence-corrected chi connectivity index (χ1v) is 5.88. The van der Waals surface area contributed by atoms with Crippen molar-refractivity contribution < 1.29 is 14.3 Å². The van der Waals surface area contributed by atoms with Gasteiger partial charge in [-0.3, -0.25) is 9.59 Å². The molecule has 0 aromatic heterocycles. The lowest BCUT2D eigenvalue weighted by molar-refractivity contribution is -0.143. The van der Waals surface area contributed by atoms with Crippen LogP contribution in [0, 0.1) is 5.92 Å². The fourth-order valence-electron chi connectivity index (χ4n) is 1.47. The smallest absolute Gasteiger partial charge is 0.316 e. The van der Waals surface area contributed by atoms with Crippen molar-refractivity contribution in [2.45, 2.75) is 6.42 Å². The molecule has 1 aromatic rings. The molecule has 1 unspecified atom stereocenters. The maximum Gasteiger partial charge on any atom is 0.316 e. The van der Waals surface area contributed by atoms with Crippen LogP contribution in [-0.4, -0.2) is 18.9 Å². The van der Waals surface area contributed by atoms with Crippen LogP contribution in [0.1, 0.15) is 16.8 Å². The van der Waals surface area contributed by atoms with Crippen molar-refractivity contribution in [1.29, 1.82) is 0 Å². The summed E-state index contributed by atoms with van der Waals surface area (Å²) < 4.78 is 5.29. The largest absolute Gasteiger partial charge is 0.468 e. The van der Waals surface area contributed by atoms with E-state index in [9.17, 15) is 9.59 Å². The van der Waals surface area contributed by atoms with E-state index in [1.54, 1.807) is 18.2 Å². The molecular formula is C13H13BrO3. The van der Waals surface area contributed by atoms with Gasteiger partial charge < -0.3 is 4.74 Å². The number of ether oxygens (including phenoxy) is 1. The van der Waals surface area contributed by atoms with Gasteiger partial charge >= 0.3 is 5.97 Å². The summed E-state index contributed by atoms with van der Waals surface area (Å²) in [5, 5.41) is 0. The third-order valence-electron chi connectivity index (χ3n) is 2.34. The zero-order valence-corrected chi connectivity index (χ0v) is 11.1. The summed E-state index contributed by atoms with van der Waals surface area (Å²) in [5.41, 5.74) is 0.477. The minimum absolute atomic E-state index is 0.260. The number of rotatable bonds is 5. The number of hydrogen-bond donors (Lipinski definition) is 0. The van der Waals surface area contributed by atoms with E-state index in [2.05, 4.69) is 27.2 Å². The Hall–Kier alpha value is -1.42. The van der Waals surface area contributed by atoms with E-state index in [1.807, 2.05) is 6.07 Å².